The predicted octanol–water partition coefficient (Wildman–Crippen LogP) is 2.75. The van der Waals surface area contributed by atoms with Gasteiger partial charge in [0, 0.05) is 5.41 Å². The third-order valence-corrected chi connectivity index (χ3v) is 4.23. The van der Waals surface area contributed by atoms with Crippen LogP contribution in [0.3, 0.4) is 0 Å². The lowest BCUT2D eigenvalue weighted by Gasteiger charge is -2.39. The van der Waals surface area contributed by atoms with Gasteiger partial charge in [-0.2, -0.15) is 0 Å². The Morgan fingerprint density at radius 1 is 1.31 bits per heavy atom. The molecule has 2 rings (SSSR count). The molecule has 0 unspecified atom stereocenters. The molecule has 0 aliphatic heterocycles. The Hall–Kier alpha value is -0.300. The fourth-order valence-corrected chi connectivity index (χ4v) is 3.46. The molecule has 0 saturated heterocycles. The quantitative estimate of drug-likeness (QED) is 0.568. The fraction of sp³-hybridized carbons (Fsp3) is 0.833. The smallest absolute Gasteiger partial charge is 0.0636 e. The first-order valence-electron chi connectivity index (χ1n) is 5.32. The summed E-state index contributed by atoms with van der Waals surface area (Å²) in [5.41, 5.74) is 0.376. The van der Waals surface area contributed by atoms with Crippen LogP contribution < -0.4 is 0 Å². The Kier molecular flexibility index (Phi) is 1.85. The second-order valence-electron chi connectivity index (χ2n) is 5.61. The Bertz CT molecular complexity index is 242. The molecule has 2 aliphatic rings. The molecule has 13 heavy (non-hydrogen) atoms. The minimum absolute atomic E-state index is 0.0573. The van der Waals surface area contributed by atoms with Crippen LogP contribution in [0.1, 0.15) is 40.0 Å². The topological polar surface area (TPSA) is 20.2 Å². The van der Waals surface area contributed by atoms with Crippen molar-refractivity contribution in [3.05, 3.63) is 12.2 Å². The number of hydrogen-bond donors (Lipinski definition) is 1. The average Bonchev–Trinajstić information content (AvgIpc) is 2.20. The van der Waals surface area contributed by atoms with E-state index in [0.29, 0.717) is 11.3 Å². The molecular weight excluding hydrogens is 160 g/mol. The first kappa shape index (κ1) is 9.26. The molecule has 1 fully saturated rings. The van der Waals surface area contributed by atoms with Crippen molar-refractivity contribution in [1.82, 2.24) is 0 Å². The molecule has 0 amide bonds. The largest absolute Gasteiger partial charge is 0.392 e. The van der Waals surface area contributed by atoms with Crippen molar-refractivity contribution in [2.45, 2.75) is 46.1 Å². The third-order valence-electron chi connectivity index (χ3n) is 4.23. The van der Waals surface area contributed by atoms with Crippen molar-refractivity contribution >= 4 is 0 Å². The van der Waals surface area contributed by atoms with Gasteiger partial charge in [-0.25, -0.2) is 0 Å². The Morgan fingerprint density at radius 3 is 2.62 bits per heavy atom. The highest BCUT2D eigenvalue weighted by molar-refractivity contribution is 5.16. The molecular formula is C12H20O. The Labute approximate surface area is 80.8 Å². The predicted molar refractivity (Wildman–Crippen MR) is 54.4 cm³/mol. The summed E-state index contributed by atoms with van der Waals surface area (Å²) < 4.78 is 0. The summed E-state index contributed by atoms with van der Waals surface area (Å²) in [7, 11) is 0. The van der Waals surface area contributed by atoms with Crippen molar-refractivity contribution in [3.8, 4) is 0 Å². The summed E-state index contributed by atoms with van der Waals surface area (Å²) >= 11 is 0. The van der Waals surface area contributed by atoms with E-state index in [4.69, 9.17) is 0 Å². The van der Waals surface area contributed by atoms with Gasteiger partial charge in [0.05, 0.1) is 6.10 Å². The number of aliphatic hydroxyl groups excluding tert-OH is 1. The molecule has 0 aromatic heterocycles. The van der Waals surface area contributed by atoms with Gasteiger partial charge in [0.2, 0.25) is 0 Å². The second kappa shape index (κ2) is 2.60. The standard InChI is InChI=1S/C12H20O/c1-11(2)8-10(13)12(3)7-5-4-6-9(11)12/h5,7,9-10,13H,4,6,8H2,1-3H3/t9-,10-,12+/m1/s1. The van der Waals surface area contributed by atoms with Crippen LogP contribution in [0.15, 0.2) is 12.2 Å². The van der Waals surface area contributed by atoms with Crippen LogP contribution in [0.4, 0.5) is 0 Å². The number of allylic oxidation sites excluding steroid dienone is 1. The molecule has 0 aromatic carbocycles. The molecule has 2 aliphatic carbocycles. The first-order valence-corrected chi connectivity index (χ1v) is 5.32. The van der Waals surface area contributed by atoms with Gasteiger partial charge in [-0.1, -0.05) is 32.9 Å². The van der Waals surface area contributed by atoms with E-state index in [-0.39, 0.29) is 11.5 Å². The highest BCUT2D eigenvalue weighted by Gasteiger charge is 2.54. The van der Waals surface area contributed by atoms with Gasteiger partial charge in [0.25, 0.3) is 0 Å². The van der Waals surface area contributed by atoms with E-state index >= 15 is 0 Å². The summed E-state index contributed by atoms with van der Waals surface area (Å²) in [4.78, 5) is 0. The van der Waals surface area contributed by atoms with Gasteiger partial charge < -0.3 is 5.11 Å². The maximum Gasteiger partial charge on any atom is 0.0636 e. The van der Waals surface area contributed by atoms with E-state index in [1.807, 2.05) is 0 Å². The number of aliphatic hydroxyl groups is 1. The zero-order valence-corrected chi connectivity index (χ0v) is 8.88. The van der Waals surface area contributed by atoms with Crippen molar-refractivity contribution in [2.24, 2.45) is 16.7 Å². The molecule has 74 valence electrons. The van der Waals surface area contributed by atoms with Crippen LogP contribution in [-0.2, 0) is 0 Å². The summed E-state index contributed by atoms with van der Waals surface area (Å²) in [6.07, 6.45) is 7.75. The maximum atomic E-state index is 10.1. The Morgan fingerprint density at radius 2 is 2.00 bits per heavy atom. The van der Waals surface area contributed by atoms with Gasteiger partial charge in [0.1, 0.15) is 0 Å². The minimum Gasteiger partial charge on any atom is -0.392 e. The van der Waals surface area contributed by atoms with E-state index in [1.54, 1.807) is 0 Å². The second-order valence-corrected chi connectivity index (χ2v) is 5.61. The van der Waals surface area contributed by atoms with Crippen molar-refractivity contribution in [1.29, 1.82) is 0 Å². The van der Waals surface area contributed by atoms with Crippen LogP contribution in [-0.4, -0.2) is 11.2 Å². The van der Waals surface area contributed by atoms with E-state index in [1.165, 1.54) is 12.8 Å². The van der Waals surface area contributed by atoms with E-state index in [0.717, 1.165) is 6.42 Å². The molecule has 1 heteroatoms. The van der Waals surface area contributed by atoms with Gasteiger partial charge in [-0.15, -0.1) is 0 Å². The summed E-state index contributed by atoms with van der Waals surface area (Å²) in [6, 6.07) is 0. The molecule has 1 N–H and O–H groups in total. The van der Waals surface area contributed by atoms with Gasteiger partial charge in [-0.3, -0.25) is 0 Å². The lowest BCUT2D eigenvalue weighted by Crippen LogP contribution is -2.34. The molecule has 3 atom stereocenters. The molecule has 0 heterocycles. The van der Waals surface area contributed by atoms with E-state index in [2.05, 4.69) is 32.9 Å². The molecule has 1 saturated carbocycles. The number of fused-ring (bicyclic) bond motifs is 1. The van der Waals surface area contributed by atoms with Gasteiger partial charge in [-0.05, 0) is 30.6 Å². The zero-order chi connectivity index (χ0) is 9.69. The maximum absolute atomic E-state index is 10.1. The molecule has 0 radical (unpaired) electrons. The summed E-state index contributed by atoms with van der Waals surface area (Å²) in [5.74, 6) is 0.667. The van der Waals surface area contributed by atoms with Crippen molar-refractivity contribution in [3.63, 3.8) is 0 Å². The lowest BCUT2D eigenvalue weighted by molar-refractivity contribution is 0.0671. The van der Waals surface area contributed by atoms with Gasteiger partial charge in [0.15, 0.2) is 0 Å². The molecule has 0 bridgehead atoms. The van der Waals surface area contributed by atoms with Crippen LogP contribution in [0, 0.1) is 16.7 Å². The first-order chi connectivity index (χ1) is 5.97. The van der Waals surface area contributed by atoms with E-state index in [9.17, 15) is 5.11 Å². The SMILES string of the molecule is CC1(C)C[C@@H](O)[C@@]2(C)C=CCC[C@H]12. The van der Waals surface area contributed by atoms with Gasteiger partial charge >= 0.3 is 0 Å². The molecule has 0 spiro atoms. The van der Waals surface area contributed by atoms with Crippen molar-refractivity contribution in [2.75, 3.05) is 0 Å². The Balaban J connectivity index is 2.38. The third kappa shape index (κ3) is 1.17. The average molecular weight is 180 g/mol. The molecule has 0 aromatic rings. The van der Waals surface area contributed by atoms with Crippen LogP contribution in [0.5, 0.6) is 0 Å². The zero-order valence-electron chi connectivity index (χ0n) is 8.88. The lowest BCUT2D eigenvalue weighted by atomic mass is 9.66. The summed E-state index contributed by atoms with van der Waals surface area (Å²) in [6.45, 7) is 6.81. The minimum atomic E-state index is -0.135. The highest BCUT2D eigenvalue weighted by atomic mass is 16.3. The highest BCUT2D eigenvalue weighted by Crippen LogP contribution is 2.57. The molecule has 1 nitrogen and oxygen atoms in total. The monoisotopic (exact) mass is 180 g/mol. The normalized spacial score (nSPS) is 47.7. The van der Waals surface area contributed by atoms with E-state index < -0.39 is 0 Å². The van der Waals surface area contributed by atoms with Crippen LogP contribution in [0.25, 0.3) is 0 Å². The van der Waals surface area contributed by atoms with Crippen molar-refractivity contribution < 1.29 is 5.11 Å². The summed E-state index contributed by atoms with van der Waals surface area (Å²) in [5, 5.41) is 10.1. The van der Waals surface area contributed by atoms with Crippen LogP contribution in [0.2, 0.25) is 0 Å². The number of hydrogen-bond acceptors (Lipinski definition) is 1. The fourth-order valence-electron chi connectivity index (χ4n) is 3.46. The van der Waals surface area contributed by atoms with Crippen LogP contribution >= 0.6 is 0 Å². The number of rotatable bonds is 0.